The van der Waals surface area contributed by atoms with Crippen molar-refractivity contribution in [2.24, 2.45) is 11.8 Å². The first-order valence-corrected chi connectivity index (χ1v) is 49.5. The van der Waals surface area contributed by atoms with Crippen LogP contribution in [-0.4, -0.2) is 96.7 Å². The maximum atomic E-state index is 13.2. The van der Waals surface area contributed by atoms with Crippen molar-refractivity contribution in [3.05, 3.63) is 0 Å². The molecule has 17 nitrogen and oxygen atoms in total. The minimum atomic E-state index is -4.97. The molecule has 648 valence electrons. The Morgan fingerprint density at radius 2 is 0.422 bits per heavy atom. The highest BCUT2D eigenvalue weighted by Gasteiger charge is 2.31. The molecule has 0 aromatic carbocycles. The van der Waals surface area contributed by atoms with E-state index in [4.69, 9.17) is 37.0 Å². The number of phosphoric ester groups is 2. The Bertz CT molecular complexity index is 2080. The zero-order valence-corrected chi connectivity index (χ0v) is 73.7. The summed E-state index contributed by atoms with van der Waals surface area (Å²) in [4.78, 5) is 73.4. The summed E-state index contributed by atoms with van der Waals surface area (Å²) in [6, 6.07) is 0. The summed E-state index contributed by atoms with van der Waals surface area (Å²) in [6.45, 7) is 9.75. The van der Waals surface area contributed by atoms with Crippen LogP contribution in [0.3, 0.4) is 0 Å². The molecule has 0 amide bonds. The predicted molar refractivity (Wildman–Crippen MR) is 451 cm³/mol. The quantitative estimate of drug-likeness (QED) is 0.0222. The predicted octanol–water partition coefficient (Wildman–Crippen LogP) is 27.8. The third kappa shape index (κ3) is 83.8. The summed E-state index contributed by atoms with van der Waals surface area (Å²) in [6.07, 6.45) is 75.0. The second-order valence-corrected chi connectivity index (χ2v) is 36.2. The minimum Gasteiger partial charge on any atom is -0.462 e. The molecule has 0 aliphatic heterocycles. The van der Waals surface area contributed by atoms with Crippen molar-refractivity contribution < 1.29 is 80.2 Å². The number of unbranched alkanes of at least 4 members (excludes halogenated alkanes) is 59. The van der Waals surface area contributed by atoms with E-state index in [0.717, 1.165) is 102 Å². The van der Waals surface area contributed by atoms with Gasteiger partial charge in [-0.2, -0.15) is 0 Å². The van der Waals surface area contributed by atoms with E-state index in [1.807, 2.05) is 0 Å². The summed E-state index contributed by atoms with van der Waals surface area (Å²) < 4.78 is 69.0. The van der Waals surface area contributed by atoms with Crippen LogP contribution in [0.4, 0.5) is 0 Å². The molecule has 0 saturated carbocycles. The molecule has 0 rings (SSSR count). The Kier molecular flexibility index (Phi) is 79.8. The molecule has 0 saturated heterocycles. The third-order valence-electron chi connectivity index (χ3n) is 21.2. The summed E-state index contributed by atoms with van der Waals surface area (Å²) >= 11 is 0. The molecule has 19 heteroatoms. The van der Waals surface area contributed by atoms with Gasteiger partial charge in [-0.25, -0.2) is 9.13 Å². The molecule has 0 spiro atoms. The van der Waals surface area contributed by atoms with Crippen LogP contribution in [0.25, 0.3) is 0 Å². The topological polar surface area (TPSA) is 237 Å². The second-order valence-electron chi connectivity index (χ2n) is 33.3. The minimum absolute atomic E-state index is 0.108. The molecule has 0 aromatic rings. The largest absolute Gasteiger partial charge is 0.472 e. The van der Waals surface area contributed by atoms with Gasteiger partial charge in [0.25, 0.3) is 0 Å². The molecule has 0 fully saturated rings. The van der Waals surface area contributed by atoms with E-state index < -0.39 is 97.5 Å². The number of esters is 4. The molecule has 5 atom stereocenters. The highest BCUT2D eigenvalue weighted by Crippen LogP contribution is 2.45. The van der Waals surface area contributed by atoms with E-state index in [2.05, 4.69) is 41.5 Å². The number of rotatable bonds is 89. The fraction of sp³-hybridized carbons (Fsp3) is 0.956. The van der Waals surface area contributed by atoms with Crippen molar-refractivity contribution in [2.75, 3.05) is 39.6 Å². The van der Waals surface area contributed by atoms with Crippen LogP contribution >= 0.6 is 15.6 Å². The van der Waals surface area contributed by atoms with Crippen molar-refractivity contribution in [3.63, 3.8) is 0 Å². The van der Waals surface area contributed by atoms with Gasteiger partial charge in [0.2, 0.25) is 0 Å². The number of phosphoric acid groups is 2. The number of aliphatic hydroxyl groups excluding tert-OH is 1. The van der Waals surface area contributed by atoms with Crippen molar-refractivity contribution in [1.29, 1.82) is 0 Å². The summed E-state index contributed by atoms with van der Waals surface area (Å²) in [7, 11) is -9.93. The summed E-state index contributed by atoms with van der Waals surface area (Å²) in [5.74, 6) is -0.481. The van der Waals surface area contributed by atoms with Gasteiger partial charge in [0.15, 0.2) is 12.2 Å². The van der Waals surface area contributed by atoms with Gasteiger partial charge in [0.1, 0.15) is 19.3 Å². The average Bonchev–Trinajstić information content (AvgIpc) is 0.899. The Hall–Kier alpha value is -1.94. The van der Waals surface area contributed by atoms with Gasteiger partial charge >= 0.3 is 39.5 Å². The number of hydrogen-bond acceptors (Lipinski definition) is 15. The van der Waals surface area contributed by atoms with Crippen LogP contribution < -0.4 is 0 Å². The molecule has 0 aliphatic carbocycles. The third-order valence-corrected chi connectivity index (χ3v) is 23.1. The fourth-order valence-electron chi connectivity index (χ4n) is 14.1. The molecule has 0 heterocycles. The van der Waals surface area contributed by atoms with E-state index in [9.17, 15) is 43.2 Å². The fourth-order valence-corrected chi connectivity index (χ4v) is 15.7. The number of carbonyl (C=O) groups is 4. The SMILES string of the molecule is CCCCCCCCCCCCCCCCCCCCCCC(=O)OC[C@H](COP(=O)(O)OC[C@@H](O)COP(=O)(O)OC[C@@H](COC(=O)CCCCCCCCCCCCC)OC(=O)CCCCCCCCCCCCCCCCC(C)C)OC(=O)CCCCCCCCCCCCCCCCCCCCC(C)C. The zero-order valence-electron chi connectivity index (χ0n) is 71.9. The summed E-state index contributed by atoms with van der Waals surface area (Å²) in [5, 5.41) is 10.7. The van der Waals surface area contributed by atoms with Crippen LogP contribution in [0, 0.1) is 11.8 Å². The van der Waals surface area contributed by atoms with Crippen LogP contribution in [0.2, 0.25) is 0 Å². The Morgan fingerprint density at radius 3 is 0.624 bits per heavy atom. The van der Waals surface area contributed by atoms with Gasteiger partial charge in [-0.15, -0.1) is 0 Å². The van der Waals surface area contributed by atoms with Crippen LogP contribution in [0.5, 0.6) is 0 Å². The monoisotopic (exact) mass is 1590 g/mol. The van der Waals surface area contributed by atoms with Gasteiger partial charge in [-0.3, -0.25) is 37.3 Å². The molecular weight excluding hydrogens is 1410 g/mol. The van der Waals surface area contributed by atoms with Gasteiger partial charge < -0.3 is 33.8 Å². The smallest absolute Gasteiger partial charge is 0.462 e. The van der Waals surface area contributed by atoms with Crippen molar-refractivity contribution >= 4 is 39.5 Å². The lowest BCUT2D eigenvalue weighted by molar-refractivity contribution is -0.161. The van der Waals surface area contributed by atoms with Crippen molar-refractivity contribution in [3.8, 4) is 0 Å². The molecule has 0 bridgehead atoms. The lowest BCUT2D eigenvalue weighted by atomic mass is 10.0. The first kappa shape index (κ1) is 107. The molecule has 0 aliphatic rings. The number of ether oxygens (including phenoxy) is 4. The first-order valence-electron chi connectivity index (χ1n) is 46.5. The number of aliphatic hydroxyl groups is 1. The van der Waals surface area contributed by atoms with E-state index in [0.29, 0.717) is 25.7 Å². The van der Waals surface area contributed by atoms with Gasteiger partial charge in [-0.1, -0.05) is 433 Å². The van der Waals surface area contributed by atoms with Crippen LogP contribution in [-0.2, 0) is 65.4 Å². The Labute approximate surface area is 670 Å². The highest BCUT2D eigenvalue weighted by molar-refractivity contribution is 7.47. The Balaban J connectivity index is 5.23. The van der Waals surface area contributed by atoms with Gasteiger partial charge in [-0.05, 0) is 37.5 Å². The average molecular weight is 1590 g/mol. The molecule has 2 unspecified atom stereocenters. The van der Waals surface area contributed by atoms with E-state index in [-0.39, 0.29) is 25.7 Å². The normalized spacial score (nSPS) is 13.8. The number of hydrogen-bond donors (Lipinski definition) is 3. The summed E-state index contributed by atoms with van der Waals surface area (Å²) in [5.41, 5.74) is 0. The van der Waals surface area contributed by atoms with Gasteiger partial charge in [0.05, 0.1) is 26.4 Å². The van der Waals surface area contributed by atoms with Crippen LogP contribution in [0.1, 0.15) is 485 Å². The zero-order chi connectivity index (χ0) is 79.9. The number of carbonyl (C=O) groups excluding carboxylic acids is 4. The van der Waals surface area contributed by atoms with Crippen LogP contribution in [0.15, 0.2) is 0 Å². The molecular formula is C90H176O17P2. The van der Waals surface area contributed by atoms with Crippen molar-refractivity contribution in [1.82, 2.24) is 0 Å². The maximum Gasteiger partial charge on any atom is 0.472 e. The molecule has 109 heavy (non-hydrogen) atoms. The van der Waals surface area contributed by atoms with E-state index in [1.54, 1.807) is 0 Å². The standard InChI is InChI=1S/C90H176O17P2/c1-7-9-11-13-15-17-19-20-21-22-23-24-28-31-37-43-49-55-61-67-73-88(93)101-79-86(107-89(94)74-68-62-56-50-44-38-32-29-26-25-27-30-35-41-46-52-58-64-70-82(3)4)81-105-109(98,99)103-77-84(91)76-102-108(96,97)104-80-85(78-100-87(92)72-66-60-54-48-40-18-16-14-12-10-8-2)106-90(95)75-69-63-57-51-45-39-34-33-36-42-47-53-59-65-71-83(5)6/h82-86,91H,7-81H2,1-6H3,(H,96,97)(H,98,99)/t84-,85+,86+/m0/s1. The Morgan fingerprint density at radius 1 is 0.248 bits per heavy atom. The van der Waals surface area contributed by atoms with E-state index >= 15 is 0 Å². The lowest BCUT2D eigenvalue weighted by Crippen LogP contribution is -2.30. The van der Waals surface area contributed by atoms with Gasteiger partial charge in [0, 0.05) is 25.7 Å². The van der Waals surface area contributed by atoms with Crippen molar-refractivity contribution in [2.45, 2.75) is 503 Å². The molecule has 3 N–H and O–H groups in total. The maximum absolute atomic E-state index is 13.2. The molecule has 0 radical (unpaired) electrons. The van der Waals surface area contributed by atoms with E-state index in [1.165, 1.54) is 302 Å². The highest BCUT2D eigenvalue weighted by atomic mass is 31.2. The second kappa shape index (κ2) is 81.2. The first-order chi connectivity index (χ1) is 52.9. The molecule has 0 aromatic heterocycles. The lowest BCUT2D eigenvalue weighted by Gasteiger charge is -2.21.